The van der Waals surface area contributed by atoms with Crippen molar-refractivity contribution < 1.29 is 14.4 Å². The summed E-state index contributed by atoms with van der Waals surface area (Å²) in [7, 11) is 0. The molecule has 5 rings (SSSR count). The second-order valence-electron chi connectivity index (χ2n) is 6.65. The van der Waals surface area contributed by atoms with Crippen molar-refractivity contribution in [3.8, 4) is 0 Å². The second kappa shape index (κ2) is 5.53. The predicted molar refractivity (Wildman–Crippen MR) is 99.3 cm³/mol. The molecule has 3 aliphatic heterocycles. The topological polar surface area (TPSA) is 66.5 Å². The number of rotatable bonds is 2. The van der Waals surface area contributed by atoms with E-state index in [1.807, 2.05) is 40.6 Å². The summed E-state index contributed by atoms with van der Waals surface area (Å²) in [5.41, 5.74) is 1.71. The van der Waals surface area contributed by atoms with Crippen LogP contribution in [0.25, 0.3) is 6.08 Å². The molecule has 0 aliphatic carbocycles. The Bertz CT molecular complexity index is 985. The number of nitrogens with zero attached hydrogens (tertiary/aromatic N) is 1. The van der Waals surface area contributed by atoms with Crippen LogP contribution in [0.15, 0.2) is 41.8 Å². The van der Waals surface area contributed by atoms with E-state index in [2.05, 4.69) is 5.32 Å². The van der Waals surface area contributed by atoms with Crippen LogP contribution in [0.2, 0.25) is 5.02 Å². The second-order valence-corrected chi connectivity index (χ2v) is 8.04. The number of ketones is 1. The Hall–Kier alpha value is -2.44. The smallest absolute Gasteiger partial charge is 0.233 e. The van der Waals surface area contributed by atoms with Crippen molar-refractivity contribution in [2.75, 3.05) is 4.90 Å². The number of carbonyl (C=O) groups excluding carboxylic acids is 3. The Kier molecular flexibility index (Phi) is 3.36. The molecule has 0 saturated carbocycles. The minimum Gasteiger partial charge on any atom is -0.352 e. The van der Waals surface area contributed by atoms with Gasteiger partial charge in [0.05, 0.1) is 22.8 Å². The monoisotopic (exact) mass is 384 g/mol. The molecule has 4 atom stereocenters. The van der Waals surface area contributed by atoms with Crippen LogP contribution < -0.4 is 10.2 Å². The van der Waals surface area contributed by atoms with Crippen LogP contribution in [0.5, 0.6) is 0 Å². The fraction of sp³-hybridized carbons (Fsp3) is 0.211. The van der Waals surface area contributed by atoms with Gasteiger partial charge in [-0.15, -0.1) is 11.3 Å². The lowest BCUT2D eigenvalue weighted by molar-refractivity contribution is -0.126. The number of Topliss-reactive ketones (excluding diaryl/α,β-unsaturated/α-hetero) is 1. The van der Waals surface area contributed by atoms with E-state index in [4.69, 9.17) is 11.6 Å². The van der Waals surface area contributed by atoms with E-state index in [0.29, 0.717) is 9.90 Å². The van der Waals surface area contributed by atoms with Crippen LogP contribution in [0, 0.1) is 11.8 Å². The lowest BCUT2D eigenvalue weighted by atomic mass is 9.87. The number of nitrogens with one attached hydrogen (secondary N) is 1. The summed E-state index contributed by atoms with van der Waals surface area (Å²) in [6.45, 7) is 0. The first-order chi connectivity index (χ1) is 12.6. The van der Waals surface area contributed by atoms with Gasteiger partial charge >= 0.3 is 0 Å². The van der Waals surface area contributed by atoms with E-state index in [-0.39, 0.29) is 23.6 Å². The van der Waals surface area contributed by atoms with Gasteiger partial charge in [-0.25, -0.2) is 0 Å². The summed E-state index contributed by atoms with van der Waals surface area (Å²) in [5, 5.41) is 4.84. The molecule has 0 radical (unpaired) electrons. The summed E-state index contributed by atoms with van der Waals surface area (Å²) in [6, 6.07) is 7.98. The lowest BCUT2D eigenvalue weighted by Gasteiger charge is -2.35. The van der Waals surface area contributed by atoms with Gasteiger partial charge in [-0.05, 0) is 35.2 Å². The van der Waals surface area contributed by atoms with Gasteiger partial charge in [0.1, 0.15) is 6.04 Å². The maximum Gasteiger partial charge on any atom is 0.233 e. The quantitative estimate of drug-likeness (QED) is 0.638. The number of hydrogen-bond donors (Lipinski definition) is 1. The molecular weight excluding hydrogens is 372 g/mol. The SMILES string of the molecule is O=C1NC(=O)[C@@H]2[C@@H]1[C@@H](C(=O)c1cccs1)N1c3ccc(Cl)cc3C=C[C@@H]21. The molecule has 2 saturated heterocycles. The highest BCUT2D eigenvalue weighted by Crippen LogP contribution is 2.47. The minimum atomic E-state index is -0.708. The van der Waals surface area contributed by atoms with Crippen LogP contribution in [-0.2, 0) is 9.59 Å². The lowest BCUT2D eigenvalue weighted by Crippen LogP contribution is -2.47. The van der Waals surface area contributed by atoms with Crippen molar-refractivity contribution in [3.63, 3.8) is 0 Å². The maximum atomic E-state index is 13.3. The van der Waals surface area contributed by atoms with Crippen LogP contribution in [0.4, 0.5) is 5.69 Å². The average molecular weight is 385 g/mol. The van der Waals surface area contributed by atoms with Gasteiger partial charge in [-0.2, -0.15) is 0 Å². The molecule has 1 aromatic heterocycles. The molecule has 5 nitrogen and oxygen atoms in total. The fourth-order valence-corrected chi connectivity index (χ4v) is 5.20. The van der Waals surface area contributed by atoms with Gasteiger partial charge in [0.25, 0.3) is 0 Å². The highest BCUT2D eigenvalue weighted by atomic mass is 35.5. The van der Waals surface area contributed by atoms with Crippen LogP contribution >= 0.6 is 22.9 Å². The Morgan fingerprint density at radius 2 is 1.96 bits per heavy atom. The van der Waals surface area contributed by atoms with E-state index in [0.717, 1.165) is 11.3 Å². The van der Waals surface area contributed by atoms with Gasteiger partial charge in [0.2, 0.25) is 11.8 Å². The fourth-order valence-electron chi connectivity index (χ4n) is 4.33. The molecule has 4 heterocycles. The first kappa shape index (κ1) is 15.8. The Balaban J connectivity index is 1.69. The first-order valence-corrected chi connectivity index (χ1v) is 9.50. The van der Waals surface area contributed by atoms with E-state index in [1.165, 1.54) is 11.3 Å². The zero-order valence-electron chi connectivity index (χ0n) is 13.4. The first-order valence-electron chi connectivity index (χ1n) is 8.25. The molecule has 0 bridgehead atoms. The van der Waals surface area contributed by atoms with Crippen molar-refractivity contribution in [2.45, 2.75) is 12.1 Å². The van der Waals surface area contributed by atoms with Crippen molar-refractivity contribution >= 4 is 52.3 Å². The summed E-state index contributed by atoms with van der Waals surface area (Å²) >= 11 is 7.45. The molecule has 2 aromatic rings. The molecule has 0 unspecified atom stereocenters. The van der Waals surface area contributed by atoms with Crippen LogP contribution in [0.3, 0.4) is 0 Å². The third-order valence-corrected chi connectivity index (χ3v) is 6.46. The van der Waals surface area contributed by atoms with Gasteiger partial charge < -0.3 is 4.90 Å². The zero-order valence-corrected chi connectivity index (χ0v) is 15.0. The molecule has 1 aromatic carbocycles. The van der Waals surface area contributed by atoms with Crippen LogP contribution in [0.1, 0.15) is 15.2 Å². The summed E-state index contributed by atoms with van der Waals surface area (Å²) in [6.07, 6.45) is 3.81. The third kappa shape index (κ3) is 2.06. The number of carbonyl (C=O) groups is 3. The molecule has 0 spiro atoms. The Morgan fingerprint density at radius 3 is 2.73 bits per heavy atom. The van der Waals surface area contributed by atoms with E-state index < -0.39 is 17.9 Å². The standard InChI is InChI=1S/C19H13ClN2O3S/c20-10-4-6-11-9(8-10)3-5-12-14-15(19(25)21-18(14)24)16(22(11)12)17(23)13-2-1-7-26-13/h1-8,12,14-16H,(H,21,24,25)/t12-,14-,15+,16-/m0/s1. The molecule has 3 aliphatic rings. The number of imide groups is 1. The molecule has 1 N–H and O–H groups in total. The number of benzene rings is 1. The molecule has 2 fully saturated rings. The van der Waals surface area contributed by atoms with Crippen molar-refractivity contribution in [2.24, 2.45) is 11.8 Å². The van der Waals surface area contributed by atoms with Gasteiger partial charge in [0, 0.05) is 10.7 Å². The normalized spacial score (nSPS) is 28.6. The van der Waals surface area contributed by atoms with Crippen molar-refractivity contribution in [3.05, 3.63) is 57.3 Å². The predicted octanol–water partition coefficient (Wildman–Crippen LogP) is 2.76. The van der Waals surface area contributed by atoms with Crippen molar-refractivity contribution in [1.82, 2.24) is 5.32 Å². The number of hydrogen-bond acceptors (Lipinski definition) is 5. The van der Waals surface area contributed by atoms with Gasteiger partial charge in [0.15, 0.2) is 5.78 Å². The summed E-state index contributed by atoms with van der Waals surface area (Å²) in [4.78, 5) is 40.7. The number of halogens is 1. The molecule has 130 valence electrons. The number of thiophene rings is 1. The van der Waals surface area contributed by atoms with E-state index >= 15 is 0 Å². The maximum absolute atomic E-state index is 13.3. The average Bonchev–Trinajstić information content (AvgIpc) is 3.31. The zero-order chi connectivity index (χ0) is 18.0. The largest absolute Gasteiger partial charge is 0.352 e. The Labute approximate surface area is 158 Å². The number of anilines is 1. The van der Waals surface area contributed by atoms with E-state index in [9.17, 15) is 14.4 Å². The highest BCUT2D eigenvalue weighted by molar-refractivity contribution is 7.12. The van der Waals surface area contributed by atoms with Gasteiger partial charge in [-0.1, -0.05) is 29.8 Å². The minimum absolute atomic E-state index is 0.126. The van der Waals surface area contributed by atoms with Crippen LogP contribution in [-0.4, -0.2) is 29.7 Å². The summed E-state index contributed by atoms with van der Waals surface area (Å²) in [5.74, 6) is -2.05. The summed E-state index contributed by atoms with van der Waals surface area (Å²) < 4.78 is 0. The number of amides is 2. The molecular formula is C19H13ClN2O3S. The van der Waals surface area contributed by atoms with Crippen molar-refractivity contribution in [1.29, 1.82) is 0 Å². The Morgan fingerprint density at radius 1 is 1.15 bits per heavy atom. The molecule has 26 heavy (non-hydrogen) atoms. The third-order valence-electron chi connectivity index (χ3n) is 5.34. The highest BCUT2D eigenvalue weighted by Gasteiger charge is 2.61. The molecule has 7 heteroatoms. The molecule has 2 amide bonds. The van der Waals surface area contributed by atoms with E-state index in [1.54, 1.807) is 12.1 Å². The number of fused-ring (bicyclic) bond motifs is 5. The van der Waals surface area contributed by atoms with Gasteiger partial charge in [-0.3, -0.25) is 19.7 Å².